The summed E-state index contributed by atoms with van der Waals surface area (Å²) in [5.41, 5.74) is -0.690. The highest BCUT2D eigenvalue weighted by Gasteiger charge is 2.33. The lowest BCUT2D eigenvalue weighted by Gasteiger charge is -2.15. The number of ether oxygens (including phenoxy) is 1. The van der Waals surface area contributed by atoms with Gasteiger partial charge in [-0.1, -0.05) is 18.2 Å². The Hall–Kier alpha value is -3.03. The zero-order valence-corrected chi connectivity index (χ0v) is 13.1. The normalized spacial score (nSPS) is 11.5. The molecule has 2 N–H and O–H groups in total. The summed E-state index contributed by atoms with van der Waals surface area (Å²) in [4.78, 5) is 18.7. The van der Waals surface area contributed by atoms with Gasteiger partial charge in [0.1, 0.15) is 5.75 Å². The summed E-state index contributed by atoms with van der Waals surface area (Å²) in [7, 11) is 1.30. The van der Waals surface area contributed by atoms with Crippen molar-refractivity contribution in [2.75, 3.05) is 12.4 Å². The summed E-state index contributed by atoms with van der Waals surface area (Å²) in [6, 6.07) is 10.4. The first-order valence-electron chi connectivity index (χ1n) is 7.35. The number of fused-ring (bicyclic) bond motifs is 1. The zero-order valence-electron chi connectivity index (χ0n) is 13.1. The van der Waals surface area contributed by atoms with Crippen molar-refractivity contribution in [2.24, 2.45) is 0 Å². The minimum absolute atomic E-state index is 0.0177. The van der Waals surface area contributed by atoms with E-state index in [-0.39, 0.29) is 29.4 Å². The maximum Gasteiger partial charge on any atom is 0.416 e. The standard InChI is InChI=1S/C17H14F3N3O2/c1-25-11-7-6-10(13(8-11)17(18,19)20)9-21-16-22-14-5-3-2-4-12(14)15(24)23-16/h2-8H,9H2,1H3,(H2,21,22,23,24). The molecule has 0 aliphatic rings. The molecule has 0 bridgehead atoms. The highest BCUT2D eigenvalue weighted by molar-refractivity contribution is 5.78. The van der Waals surface area contributed by atoms with Crippen LogP contribution in [0.25, 0.3) is 10.9 Å². The van der Waals surface area contributed by atoms with Gasteiger partial charge in [0.2, 0.25) is 5.95 Å². The highest BCUT2D eigenvalue weighted by atomic mass is 19.4. The molecular weight excluding hydrogens is 335 g/mol. The Balaban J connectivity index is 1.90. The number of anilines is 1. The van der Waals surface area contributed by atoms with Gasteiger partial charge in [-0.3, -0.25) is 9.78 Å². The van der Waals surface area contributed by atoms with E-state index in [0.717, 1.165) is 6.07 Å². The van der Waals surface area contributed by atoms with Crippen molar-refractivity contribution in [1.29, 1.82) is 0 Å². The van der Waals surface area contributed by atoms with Gasteiger partial charge in [0.25, 0.3) is 5.56 Å². The maximum absolute atomic E-state index is 13.2. The summed E-state index contributed by atoms with van der Waals surface area (Å²) in [5.74, 6) is 0.223. The molecular formula is C17H14F3N3O2. The van der Waals surface area contributed by atoms with E-state index in [1.54, 1.807) is 24.3 Å². The first-order chi connectivity index (χ1) is 11.9. The van der Waals surface area contributed by atoms with Crippen LogP contribution in [0.1, 0.15) is 11.1 Å². The molecule has 0 radical (unpaired) electrons. The Morgan fingerprint density at radius 1 is 1.20 bits per heavy atom. The average molecular weight is 349 g/mol. The molecule has 25 heavy (non-hydrogen) atoms. The summed E-state index contributed by atoms with van der Waals surface area (Å²) < 4.78 is 44.5. The number of hydrogen-bond acceptors (Lipinski definition) is 4. The summed E-state index contributed by atoms with van der Waals surface area (Å²) in [5, 5.41) is 3.15. The number of halogens is 3. The predicted molar refractivity (Wildman–Crippen MR) is 87.7 cm³/mol. The molecule has 0 saturated carbocycles. The van der Waals surface area contributed by atoms with Crippen molar-refractivity contribution >= 4 is 16.9 Å². The van der Waals surface area contributed by atoms with Gasteiger partial charge in [-0.25, -0.2) is 4.98 Å². The van der Waals surface area contributed by atoms with Gasteiger partial charge in [0.15, 0.2) is 0 Å². The Morgan fingerprint density at radius 2 is 1.96 bits per heavy atom. The third-order valence-electron chi connectivity index (χ3n) is 3.68. The van der Waals surface area contributed by atoms with E-state index in [4.69, 9.17) is 4.74 Å². The molecule has 0 amide bonds. The smallest absolute Gasteiger partial charge is 0.416 e. The van der Waals surface area contributed by atoms with Crippen LogP contribution in [0, 0.1) is 0 Å². The van der Waals surface area contributed by atoms with Crippen molar-refractivity contribution in [2.45, 2.75) is 12.7 Å². The van der Waals surface area contributed by atoms with Crippen LogP contribution in [0.5, 0.6) is 5.75 Å². The zero-order chi connectivity index (χ0) is 18.0. The minimum atomic E-state index is -4.52. The molecule has 0 aliphatic heterocycles. The number of aromatic nitrogens is 2. The molecule has 5 nitrogen and oxygen atoms in total. The second-order valence-corrected chi connectivity index (χ2v) is 5.31. The Kier molecular flexibility index (Phi) is 4.35. The lowest BCUT2D eigenvalue weighted by molar-refractivity contribution is -0.138. The van der Waals surface area contributed by atoms with Crippen LogP contribution in [0.4, 0.5) is 19.1 Å². The van der Waals surface area contributed by atoms with Gasteiger partial charge in [0, 0.05) is 6.54 Å². The van der Waals surface area contributed by atoms with Crippen LogP contribution in [0.15, 0.2) is 47.3 Å². The minimum Gasteiger partial charge on any atom is -0.497 e. The number of nitrogens with zero attached hydrogens (tertiary/aromatic N) is 1. The number of hydrogen-bond donors (Lipinski definition) is 2. The van der Waals surface area contributed by atoms with Gasteiger partial charge in [-0.05, 0) is 29.8 Å². The molecule has 130 valence electrons. The van der Waals surface area contributed by atoms with Crippen LogP contribution >= 0.6 is 0 Å². The maximum atomic E-state index is 13.2. The van der Waals surface area contributed by atoms with E-state index < -0.39 is 11.7 Å². The average Bonchev–Trinajstić information content (AvgIpc) is 2.59. The number of alkyl halides is 3. The van der Waals surface area contributed by atoms with Crippen LogP contribution in [0.2, 0.25) is 0 Å². The van der Waals surface area contributed by atoms with E-state index in [9.17, 15) is 18.0 Å². The van der Waals surface area contributed by atoms with Gasteiger partial charge >= 0.3 is 6.18 Å². The topological polar surface area (TPSA) is 67.0 Å². The van der Waals surface area contributed by atoms with Crippen molar-refractivity contribution in [3.05, 3.63) is 63.9 Å². The van der Waals surface area contributed by atoms with Crippen molar-refractivity contribution in [3.8, 4) is 5.75 Å². The summed E-state index contributed by atoms with van der Waals surface area (Å²) in [6.07, 6.45) is -4.52. The number of benzene rings is 2. The third kappa shape index (κ3) is 3.57. The molecule has 8 heteroatoms. The fourth-order valence-corrected chi connectivity index (χ4v) is 2.45. The first-order valence-corrected chi connectivity index (χ1v) is 7.35. The Morgan fingerprint density at radius 3 is 2.68 bits per heavy atom. The largest absolute Gasteiger partial charge is 0.497 e. The molecule has 0 unspecified atom stereocenters. The molecule has 0 spiro atoms. The molecule has 3 aromatic rings. The molecule has 0 aliphatic carbocycles. The van der Waals surface area contributed by atoms with Crippen molar-refractivity contribution in [1.82, 2.24) is 9.97 Å². The first kappa shape index (κ1) is 16.8. The molecule has 0 fully saturated rings. The molecule has 0 saturated heterocycles. The van der Waals surface area contributed by atoms with Crippen LogP contribution < -0.4 is 15.6 Å². The Bertz CT molecular complexity index is 967. The fraction of sp³-hybridized carbons (Fsp3) is 0.176. The van der Waals surface area contributed by atoms with Crippen molar-refractivity contribution < 1.29 is 17.9 Å². The SMILES string of the molecule is COc1ccc(CNc2nc3ccccc3c(=O)[nH]2)c(C(F)(F)F)c1. The second kappa shape index (κ2) is 6.46. The Labute approximate surface area is 140 Å². The van der Waals surface area contributed by atoms with Crippen molar-refractivity contribution in [3.63, 3.8) is 0 Å². The predicted octanol–water partition coefficient (Wildman–Crippen LogP) is 3.56. The summed E-state index contributed by atoms with van der Waals surface area (Å²) >= 11 is 0. The van der Waals surface area contributed by atoms with Crippen LogP contribution in [0.3, 0.4) is 0 Å². The van der Waals surface area contributed by atoms with E-state index in [1.165, 1.54) is 19.2 Å². The van der Waals surface area contributed by atoms with E-state index in [0.29, 0.717) is 10.9 Å². The number of para-hydroxylation sites is 1. The lowest BCUT2D eigenvalue weighted by atomic mass is 10.1. The molecule has 1 heterocycles. The third-order valence-corrected chi connectivity index (χ3v) is 3.68. The van der Waals surface area contributed by atoms with Crippen LogP contribution in [-0.4, -0.2) is 17.1 Å². The van der Waals surface area contributed by atoms with Gasteiger partial charge in [-0.15, -0.1) is 0 Å². The number of methoxy groups -OCH3 is 1. The molecule has 2 aromatic carbocycles. The number of nitrogens with one attached hydrogen (secondary N) is 2. The molecule has 0 atom stereocenters. The number of aromatic amines is 1. The van der Waals surface area contributed by atoms with E-state index in [1.807, 2.05) is 0 Å². The number of H-pyrrole nitrogens is 1. The van der Waals surface area contributed by atoms with E-state index >= 15 is 0 Å². The monoisotopic (exact) mass is 349 g/mol. The lowest BCUT2D eigenvalue weighted by Crippen LogP contribution is -2.15. The fourth-order valence-electron chi connectivity index (χ4n) is 2.45. The van der Waals surface area contributed by atoms with E-state index in [2.05, 4.69) is 15.3 Å². The molecule has 1 aromatic heterocycles. The quantitative estimate of drug-likeness (QED) is 0.756. The highest BCUT2D eigenvalue weighted by Crippen LogP contribution is 2.34. The second-order valence-electron chi connectivity index (χ2n) is 5.31. The van der Waals surface area contributed by atoms with Gasteiger partial charge in [0.05, 0.1) is 23.6 Å². The molecule has 3 rings (SSSR count). The number of rotatable bonds is 4. The van der Waals surface area contributed by atoms with Gasteiger partial charge in [-0.2, -0.15) is 13.2 Å². The summed E-state index contributed by atoms with van der Waals surface area (Å²) in [6.45, 7) is -0.153. The van der Waals surface area contributed by atoms with Crippen LogP contribution in [-0.2, 0) is 12.7 Å². The van der Waals surface area contributed by atoms with Gasteiger partial charge < -0.3 is 10.1 Å².